The SMILES string of the molecule is COCCNCCCN1CC(C)CC(C)C1. The maximum Gasteiger partial charge on any atom is 0.0587 e. The van der Waals surface area contributed by atoms with Crippen LogP contribution in [0.4, 0.5) is 0 Å². The third-order valence-electron chi connectivity index (χ3n) is 3.26. The van der Waals surface area contributed by atoms with Gasteiger partial charge in [-0.05, 0) is 37.8 Å². The number of nitrogens with one attached hydrogen (secondary N) is 1. The van der Waals surface area contributed by atoms with Gasteiger partial charge in [0, 0.05) is 26.7 Å². The van der Waals surface area contributed by atoms with E-state index in [1.165, 1.54) is 32.5 Å². The largest absolute Gasteiger partial charge is 0.383 e. The minimum absolute atomic E-state index is 0.817. The number of hydrogen-bond acceptors (Lipinski definition) is 3. The van der Waals surface area contributed by atoms with Crippen molar-refractivity contribution in [2.75, 3.05) is 46.4 Å². The zero-order chi connectivity index (χ0) is 11.8. The lowest BCUT2D eigenvalue weighted by Crippen LogP contribution is -2.40. The fourth-order valence-corrected chi connectivity index (χ4v) is 2.70. The first-order chi connectivity index (χ1) is 7.72. The molecule has 2 atom stereocenters. The molecule has 3 heteroatoms. The highest BCUT2D eigenvalue weighted by Crippen LogP contribution is 2.20. The summed E-state index contributed by atoms with van der Waals surface area (Å²) in [5, 5.41) is 3.40. The molecule has 3 nitrogen and oxygen atoms in total. The van der Waals surface area contributed by atoms with Gasteiger partial charge in [0.25, 0.3) is 0 Å². The van der Waals surface area contributed by atoms with Crippen LogP contribution in [0.25, 0.3) is 0 Å². The van der Waals surface area contributed by atoms with Crippen molar-refractivity contribution in [3.05, 3.63) is 0 Å². The van der Waals surface area contributed by atoms with Gasteiger partial charge in [0.15, 0.2) is 0 Å². The van der Waals surface area contributed by atoms with Crippen LogP contribution in [-0.4, -0.2) is 51.3 Å². The quantitative estimate of drug-likeness (QED) is 0.670. The fourth-order valence-electron chi connectivity index (χ4n) is 2.70. The van der Waals surface area contributed by atoms with Gasteiger partial charge in [-0.15, -0.1) is 0 Å². The Morgan fingerprint density at radius 2 is 1.88 bits per heavy atom. The lowest BCUT2D eigenvalue weighted by molar-refractivity contribution is 0.139. The second-order valence-electron chi connectivity index (χ2n) is 5.30. The van der Waals surface area contributed by atoms with Crippen LogP contribution in [-0.2, 0) is 4.74 Å². The molecule has 96 valence electrons. The van der Waals surface area contributed by atoms with Gasteiger partial charge in [-0.3, -0.25) is 0 Å². The fraction of sp³-hybridized carbons (Fsp3) is 1.00. The van der Waals surface area contributed by atoms with Crippen LogP contribution in [0.2, 0.25) is 0 Å². The van der Waals surface area contributed by atoms with Crippen LogP contribution in [0.1, 0.15) is 26.7 Å². The second kappa shape index (κ2) is 8.04. The molecule has 1 heterocycles. The summed E-state index contributed by atoms with van der Waals surface area (Å²) >= 11 is 0. The average Bonchev–Trinajstić information content (AvgIpc) is 2.22. The Morgan fingerprint density at radius 3 is 2.50 bits per heavy atom. The number of hydrogen-bond donors (Lipinski definition) is 1. The van der Waals surface area contributed by atoms with Crippen molar-refractivity contribution >= 4 is 0 Å². The maximum atomic E-state index is 4.99. The summed E-state index contributed by atoms with van der Waals surface area (Å²) in [7, 11) is 1.75. The number of nitrogens with zero attached hydrogens (tertiary/aromatic N) is 1. The van der Waals surface area contributed by atoms with Gasteiger partial charge in [-0.2, -0.15) is 0 Å². The van der Waals surface area contributed by atoms with Gasteiger partial charge in [0.2, 0.25) is 0 Å². The summed E-state index contributed by atoms with van der Waals surface area (Å²) in [6.07, 6.45) is 2.66. The Hall–Kier alpha value is -0.120. The highest BCUT2D eigenvalue weighted by molar-refractivity contribution is 4.74. The van der Waals surface area contributed by atoms with E-state index in [2.05, 4.69) is 24.1 Å². The van der Waals surface area contributed by atoms with Crippen molar-refractivity contribution in [2.45, 2.75) is 26.7 Å². The molecule has 16 heavy (non-hydrogen) atoms. The second-order valence-corrected chi connectivity index (χ2v) is 5.30. The third kappa shape index (κ3) is 5.83. The molecule has 1 fully saturated rings. The number of piperidine rings is 1. The number of ether oxygens (including phenoxy) is 1. The standard InChI is InChI=1S/C13H28N2O/c1-12-9-13(2)11-15(10-12)7-4-5-14-6-8-16-3/h12-14H,4-11H2,1-3H3. The lowest BCUT2D eigenvalue weighted by atomic mass is 9.92. The predicted molar refractivity (Wildman–Crippen MR) is 68.7 cm³/mol. The molecule has 1 aliphatic heterocycles. The average molecular weight is 228 g/mol. The number of methoxy groups -OCH3 is 1. The molecule has 1 N–H and O–H groups in total. The predicted octanol–water partition coefficient (Wildman–Crippen LogP) is 1.59. The highest BCUT2D eigenvalue weighted by atomic mass is 16.5. The molecule has 0 radical (unpaired) electrons. The van der Waals surface area contributed by atoms with Gasteiger partial charge in [0.1, 0.15) is 0 Å². The molecule has 0 aromatic carbocycles. The summed E-state index contributed by atoms with van der Waals surface area (Å²) < 4.78 is 4.99. The maximum absolute atomic E-state index is 4.99. The van der Waals surface area contributed by atoms with Crippen molar-refractivity contribution in [1.82, 2.24) is 10.2 Å². The minimum Gasteiger partial charge on any atom is -0.383 e. The molecule has 1 saturated heterocycles. The smallest absolute Gasteiger partial charge is 0.0587 e. The molecule has 0 spiro atoms. The van der Waals surface area contributed by atoms with E-state index in [9.17, 15) is 0 Å². The van der Waals surface area contributed by atoms with E-state index in [-0.39, 0.29) is 0 Å². The third-order valence-corrected chi connectivity index (χ3v) is 3.26. The van der Waals surface area contributed by atoms with E-state index in [1.807, 2.05) is 0 Å². The molecular formula is C13H28N2O. The molecule has 0 saturated carbocycles. The van der Waals surface area contributed by atoms with Gasteiger partial charge < -0.3 is 15.0 Å². The highest BCUT2D eigenvalue weighted by Gasteiger charge is 2.20. The Kier molecular flexibility index (Phi) is 7.01. The van der Waals surface area contributed by atoms with E-state index in [1.54, 1.807) is 7.11 Å². The molecule has 0 amide bonds. The normalized spacial score (nSPS) is 27.2. The summed E-state index contributed by atoms with van der Waals surface area (Å²) in [6, 6.07) is 0. The first kappa shape index (κ1) is 13.9. The van der Waals surface area contributed by atoms with Gasteiger partial charge in [-0.25, -0.2) is 0 Å². The Bertz CT molecular complexity index is 165. The molecule has 0 aromatic rings. The van der Waals surface area contributed by atoms with Crippen LogP contribution in [0.3, 0.4) is 0 Å². The van der Waals surface area contributed by atoms with Crippen molar-refractivity contribution in [2.24, 2.45) is 11.8 Å². The Labute approximate surface area is 101 Å². The van der Waals surface area contributed by atoms with Crippen LogP contribution in [0, 0.1) is 11.8 Å². The molecule has 0 aliphatic carbocycles. The van der Waals surface area contributed by atoms with E-state index < -0.39 is 0 Å². The molecule has 1 rings (SSSR count). The Morgan fingerprint density at radius 1 is 1.19 bits per heavy atom. The topological polar surface area (TPSA) is 24.5 Å². The zero-order valence-corrected chi connectivity index (χ0v) is 11.2. The number of likely N-dealkylation sites (tertiary alicyclic amines) is 1. The van der Waals surface area contributed by atoms with E-state index >= 15 is 0 Å². The van der Waals surface area contributed by atoms with E-state index in [4.69, 9.17) is 4.74 Å². The van der Waals surface area contributed by atoms with Crippen molar-refractivity contribution in [3.63, 3.8) is 0 Å². The minimum atomic E-state index is 0.817. The van der Waals surface area contributed by atoms with Crippen LogP contribution in [0.5, 0.6) is 0 Å². The Balaban J connectivity index is 1.99. The van der Waals surface area contributed by atoms with Crippen molar-refractivity contribution in [1.29, 1.82) is 0 Å². The molecule has 0 bridgehead atoms. The first-order valence-electron chi connectivity index (χ1n) is 6.64. The monoisotopic (exact) mass is 228 g/mol. The summed E-state index contributed by atoms with van der Waals surface area (Å²) in [4.78, 5) is 2.62. The van der Waals surface area contributed by atoms with E-state index in [0.717, 1.165) is 31.5 Å². The van der Waals surface area contributed by atoms with Gasteiger partial charge >= 0.3 is 0 Å². The molecular weight excluding hydrogens is 200 g/mol. The van der Waals surface area contributed by atoms with E-state index in [0.29, 0.717) is 0 Å². The first-order valence-corrected chi connectivity index (χ1v) is 6.64. The van der Waals surface area contributed by atoms with Crippen LogP contribution < -0.4 is 5.32 Å². The summed E-state index contributed by atoms with van der Waals surface area (Å²) in [5.41, 5.74) is 0. The zero-order valence-electron chi connectivity index (χ0n) is 11.2. The lowest BCUT2D eigenvalue weighted by Gasteiger charge is -2.34. The van der Waals surface area contributed by atoms with Crippen molar-refractivity contribution in [3.8, 4) is 0 Å². The van der Waals surface area contributed by atoms with Gasteiger partial charge in [-0.1, -0.05) is 13.8 Å². The van der Waals surface area contributed by atoms with Crippen LogP contribution >= 0.6 is 0 Å². The molecule has 1 aliphatic rings. The molecule has 0 aromatic heterocycles. The van der Waals surface area contributed by atoms with Crippen LogP contribution in [0.15, 0.2) is 0 Å². The van der Waals surface area contributed by atoms with Gasteiger partial charge in [0.05, 0.1) is 6.61 Å². The number of rotatable bonds is 7. The summed E-state index contributed by atoms with van der Waals surface area (Å²) in [6.45, 7) is 11.5. The summed E-state index contributed by atoms with van der Waals surface area (Å²) in [5.74, 6) is 1.76. The van der Waals surface area contributed by atoms with Crippen molar-refractivity contribution < 1.29 is 4.74 Å². The molecule has 2 unspecified atom stereocenters.